The summed E-state index contributed by atoms with van der Waals surface area (Å²) in [5, 5.41) is 21.3. The van der Waals surface area contributed by atoms with Crippen LogP contribution < -0.4 is 61.5 Å². The molecule has 32 heteroatoms. The molecular formula is C87H126N10O20Si2. The lowest BCUT2D eigenvalue weighted by Gasteiger charge is -2.38. The SMILES string of the molecule is C=CCOC(=O)N[C@H](C(=O)N[C@@H](C)C(=O)Nc1ccc(COC(=O)Nc2cc(OCCCCCOc3cc(NC(=O)OCc4ccc(NC(=O)[C@H](C)NC(=O)[C@@H](NC(=O)OCC=C)C(C)C)cc4)c(C(=O)N4C/C(=C/C)C[C@H]4CO[Si](C)(C)C(C)(C)C)cc3OC)c(OC)cc2C(=O)N2C/C(=C/C)C[C@H]2CO[Si](C)(C)C(C)(C)C)cc1)C(C)C. The summed E-state index contributed by atoms with van der Waals surface area (Å²) >= 11 is 0. The van der Waals surface area contributed by atoms with E-state index in [1.54, 1.807) is 98.2 Å². The van der Waals surface area contributed by atoms with Gasteiger partial charge in [-0.1, -0.05) is 142 Å². The molecule has 119 heavy (non-hydrogen) atoms. The van der Waals surface area contributed by atoms with E-state index in [4.69, 9.17) is 46.7 Å². The number of unbranched alkanes of at least 4 members (excludes halogenated alkanes) is 2. The number of allylic oxidation sites excluding steroid dienone is 2. The molecule has 2 aliphatic rings. The number of nitrogens with one attached hydrogen (secondary N) is 8. The van der Waals surface area contributed by atoms with Gasteiger partial charge in [0.25, 0.3) is 11.8 Å². The molecule has 0 spiro atoms. The smallest absolute Gasteiger partial charge is 0.411 e. The van der Waals surface area contributed by atoms with E-state index in [2.05, 4.69) is 123 Å². The van der Waals surface area contributed by atoms with Crippen LogP contribution in [0.5, 0.6) is 23.0 Å². The van der Waals surface area contributed by atoms with Crippen LogP contribution >= 0.6 is 0 Å². The second kappa shape index (κ2) is 44.9. The Morgan fingerprint density at radius 2 is 0.824 bits per heavy atom. The number of nitrogens with zero attached hydrogens (tertiary/aromatic N) is 2. The normalized spacial score (nSPS) is 15.9. The lowest BCUT2D eigenvalue weighted by Crippen LogP contribution is -2.53. The number of rotatable bonds is 40. The van der Waals surface area contributed by atoms with Crippen molar-refractivity contribution < 1.29 is 94.7 Å². The fourth-order valence-corrected chi connectivity index (χ4v) is 14.1. The third kappa shape index (κ3) is 28.8. The van der Waals surface area contributed by atoms with Crippen LogP contribution in [0.2, 0.25) is 36.3 Å². The van der Waals surface area contributed by atoms with Gasteiger partial charge < -0.3 is 88.4 Å². The Morgan fingerprint density at radius 3 is 1.13 bits per heavy atom. The second-order valence-electron chi connectivity index (χ2n) is 33.2. The number of hydrogen-bond acceptors (Lipinski definition) is 20. The molecule has 0 unspecified atom stereocenters. The number of alkyl carbamates (subject to hydrolysis) is 2. The molecule has 2 fully saturated rings. The van der Waals surface area contributed by atoms with Crippen LogP contribution in [0.15, 0.2) is 121 Å². The molecule has 2 aliphatic heterocycles. The standard InChI is InChI=1S/C87H126N10O20Si2/c1-23-38-112-84(106)94-74(54(5)6)78(100)88-56(9)76(98)90-62-34-30-60(31-35-62)50-114-82(104)92-68-46-72(70(108-17)44-66(68)80(102)96-48-58(25-3)42-64(96)52-116-118(19,20)86(11,12)13)110-40-28-27-29-41-111-73-47-69(67(45-71(73)109-18)81(103)97-49-59(26-4)43-65(97)53-117-119(21,22)87(14,15)16)93-83(105)115-51-61-32-36-63(37-33-61)91-77(99)57(10)89-79(101)75(55(7)8)95-85(107)113-39-24-2/h23-26,30-37,44-47,54-57,64-65,74-75H,1-2,27-29,38-43,48-53H2,3-22H3,(H,88,100)(H,89,101)(H,90,98)(H,91,99)(H,92,104)(H,93,105)(H,94,106)(H,95,107)/b58-25+,59-26+/t56-,57-,64-,65-,74-,75-/m0/s1. The topological polar surface area (TPSA) is 366 Å². The van der Waals surface area contributed by atoms with E-state index < -0.39 is 88.8 Å². The van der Waals surface area contributed by atoms with Crippen LogP contribution in [0.3, 0.4) is 0 Å². The zero-order valence-corrected chi connectivity index (χ0v) is 74.9. The molecule has 2 heterocycles. The molecule has 4 aromatic carbocycles. The molecule has 2 saturated heterocycles. The zero-order valence-electron chi connectivity index (χ0n) is 72.9. The highest BCUT2D eigenvalue weighted by molar-refractivity contribution is 6.74. The average Bonchev–Trinajstić information content (AvgIpc) is 1.75. The molecular weight excluding hydrogens is 1560 g/mol. The highest BCUT2D eigenvalue weighted by Gasteiger charge is 2.43. The number of carbonyl (C=O) groups excluding carboxylic acids is 10. The van der Waals surface area contributed by atoms with Gasteiger partial charge in [0.2, 0.25) is 23.6 Å². The number of hydrogen-bond donors (Lipinski definition) is 8. The Balaban J connectivity index is 1.17. The first kappa shape index (κ1) is 97.1. The van der Waals surface area contributed by atoms with Gasteiger partial charge in [-0.05, 0) is 155 Å². The van der Waals surface area contributed by atoms with E-state index in [0.29, 0.717) is 80.9 Å². The molecule has 0 bridgehead atoms. The molecule has 10 amide bonds. The summed E-state index contributed by atoms with van der Waals surface area (Å²) in [6.45, 7) is 43.5. The van der Waals surface area contributed by atoms with Gasteiger partial charge in [0.1, 0.15) is 50.6 Å². The van der Waals surface area contributed by atoms with Crippen LogP contribution in [-0.2, 0) is 60.2 Å². The van der Waals surface area contributed by atoms with Crippen LogP contribution in [0, 0.1) is 11.8 Å². The molecule has 652 valence electrons. The van der Waals surface area contributed by atoms with Crippen molar-refractivity contribution in [3.8, 4) is 23.0 Å². The number of benzene rings is 4. The molecule has 0 saturated carbocycles. The largest absolute Gasteiger partial charge is 0.493 e. The molecule has 0 aliphatic carbocycles. The van der Waals surface area contributed by atoms with Gasteiger partial charge in [-0.25, -0.2) is 19.2 Å². The van der Waals surface area contributed by atoms with E-state index in [9.17, 15) is 38.4 Å². The van der Waals surface area contributed by atoms with E-state index in [1.165, 1.54) is 52.4 Å². The summed E-state index contributed by atoms with van der Waals surface area (Å²) in [5.41, 5.74) is 4.41. The third-order valence-electron chi connectivity index (χ3n) is 21.5. The summed E-state index contributed by atoms with van der Waals surface area (Å²) in [4.78, 5) is 139. The van der Waals surface area contributed by atoms with Crippen molar-refractivity contribution >= 4 is 99.2 Å². The minimum Gasteiger partial charge on any atom is -0.493 e. The summed E-state index contributed by atoms with van der Waals surface area (Å²) < 4.78 is 59.4. The monoisotopic (exact) mass is 1690 g/mol. The van der Waals surface area contributed by atoms with Gasteiger partial charge in [0, 0.05) is 36.6 Å². The maximum absolute atomic E-state index is 15.1. The first-order valence-electron chi connectivity index (χ1n) is 40.3. The van der Waals surface area contributed by atoms with Crippen molar-refractivity contribution in [3.05, 3.63) is 144 Å². The molecule has 0 radical (unpaired) electrons. The maximum Gasteiger partial charge on any atom is 0.411 e. The van der Waals surface area contributed by atoms with Gasteiger partial charge in [-0.15, -0.1) is 0 Å². The number of amides is 10. The maximum atomic E-state index is 15.1. The summed E-state index contributed by atoms with van der Waals surface area (Å²) in [6, 6.07) is 14.6. The molecule has 0 aromatic heterocycles. The first-order chi connectivity index (χ1) is 56.1. The van der Waals surface area contributed by atoms with E-state index >= 15 is 9.59 Å². The minimum absolute atomic E-state index is 0.0458. The van der Waals surface area contributed by atoms with Gasteiger partial charge in [-0.2, -0.15) is 0 Å². The van der Waals surface area contributed by atoms with Crippen LogP contribution in [0.4, 0.5) is 41.9 Å². The van der Waals surface area contributed by atoms with Crippen molar-refractivity contribution in [2.24, 2.45) is 11.8 Å². The number of anilines is 4. The second-order valence-corrected chi connectivity index (χ2v) is 42.8. The fourth-order valence-electron chi connectivity index (χ4n) is 12.0. The minimum atomic E-state index is -2.25. The van der Waals surface area contributed by atoms with Gasteiger partial charge >= 0.3 is 24.4 Å². The summed E-state index contributed by atoms with van der Waals surface area (Å²) in [7, 11) is -1.60. The molecule has 6 rings (SSSR count). The van der Waals surface area contributed by atoms with Crippen molar-refractivity contribution in [3.63, 3.8) is 0 Å². The Morgan fingerprint density at radius 1 is 0.471 bits per heavy atom. The molecule has 8 N–H and O–H groups in total. The predicted molar refractivity (Wildman–Crippen MR) is 463 cm³/mol. The van der Waals surface area contributed by atoms with Gasteiger partial charge in [0.15, 0.2) is 39.6 Å². The van der Waals surface area contributed by atoms with E-state index in [0.717, 1.165) is 11.1 Å². The third-order valence-corrected chi connectivity index (χ3v) is 30.5. The van der Waals surface area contributed by atoms with Crippen molar-refractivity contribution in [2.75, 3.05) is 88.2 Å². The van der Waals surface area contributed by atoms with Crippen molar-refractivity contribution in [2.45, 2.75) is 215 Å². The average molecular weight is 1690 g/mol. The number of methoxy groups -OCH3 is 2. The lowest BCUT2D eigenvalue weighted by molar-refractivity contribution is -0.128. The van der Waals surface area contributed by atoms with Crippen LogP contribution in [-0.4, -0.2) is 189 Å². The Labute approximate surface area is 703 Å². The predicted octanol–water partition coefficient (Wildman–Crippen LogP) is 15.0. The first-order valence-corrected chi connectivity index (χ1v) is 46.1. The van der Waals surface area contributed by atoms with Crippen LogP contribution in [0.25, 0.3) is 0 Å². The van der Waals surface area contributed by atoms with E-state index in [-0.39, 0.29) is 131 Å². The molecule has 4 aromatic rings. The Hall–Kier alpha value is -10.7. The lowest BCUT2D eigenvalue weighted by atomic mass is 10.0. The summed E-state index contributed by atoms with van der Waals surface area (Å²) in [5.74, 6) is -2.74. The summed E-state index contributed by atoms with van der Waals surface area (Å²) in [6.07, 6.45) is 6.17. The Kier molecular flexibility index (Phi) is 36.7. The van der Waals surface area contributed by atoms with Gasteiger partial charge in [0.05, 0.1) is 75.2 Å². The molecule has 6 atom stereocenters. The highest BCUT2D eigenvalue weighted by atomic mass is 28.4. The van der Waals surface area contributed by atoms with Crippen molar-refractivity contribution in [1.29, 1.82) is 0 Å². The van der Waals surface area contributed by atoms with Crippen LogP contribution in [0.1, 0.15) is 161 Å². The number of likely N-dealkylation sites (tertiary alicyclic amines) is 2. The quantitative estimate of drug-likeness (QED) is 0.00887. The number of ether oxygens (including phenoxy) is 8. The van der Waals surface area contributed by atoms with Crippen molar-refractivity contribution in [1.82, 2.24) is 31.1 Å². The van der Waals surface area contributed by atoms with E-state index in [1.807, 2.05) is 26.0 Å². The zero-order chi connectivity index (χ0) is 88.3. The number of carbonyl (C=O) groups is 10. The Bertz CT molecular complexity index is 4000. The fraction of sp³-hybridized carbons (Fsp3) is 0.517. The van der Waals surface area contributed by atoms with Gasteiger partial charge in [-0.3, -0.25) is 39.4 Å². The molecule has 30 nitrogen and oxygen atoms in total. The highest BCUT2D eigenvalue weighted by Crippen LogP contribution is 2.42.